The summed E-state index contributed by atoms with van der Waals surface area (Å²) in [5.74, 6) is -0.236. The van der Waals surface area contributed by atoms with Crippen LogP contribution in [0, 0.1) is 20.8 Å². The van der Waals surface area contributed by atoms with E-state index >= 15 is 0 Å². The molecule has 0 aliphatic carbocycles. The summed E-state index contributed by atoms with van der Waals surface area (Å²) in [7, 11) is 0. The van der Waals surface area contributed by atoms with Gasteiger partial charge in [0.2, 0.25) is 0 Å². The molecule has 0 atom stereocenters. The number of para-hydroxylation sites is 1. The van der Waals surface area contributed by atoms with Gasteiger partial charge in [0.05, 0.1) is 11.2 Å². The Bertz CT molecular complexity index is 1580. The number of amides is 1. The highest BCUT2D eigenvalue weighted by atomic mass is 32.1. The first-order valence-electron chi connectivity index (χ1n) is 10.2. The molecule has 0 fully saturated rings. The van der Waals surface area contributed by atoms with E-state index < -0.39 is 0 Å². The molecule has 6 nitrogen and oxygen atoms in total. The standard InChI is InChI=1S/C25H20N4O2S/c1-14-7-4-5-10-19(14)28-23(30)17-8-6-9-18(12-17)29-13-26-21-20-15(2)11-16(3)27-24(20)32-22(21)25(29)31/h4-13H,1-3H3,(H,28,30). The van der Waals surface area contributed by atoms with Crippen molar-refractivity contribution in [1.29, 1.82) is 0 Å². The minimum atomic E-state index is -0.236. The van der Waals surface area contributed by atoms with Crippen molar-refractivity contribution in [2.45, 2.75) is 20.8 Å². The maximum atomic E-state index is 13.3. The Hall–Kier alpha value is -3.84. The first kappa shape index (κ1) is 20.1. The molecule has 0 spiro atoms. The van der Waals surface area contributed by atoms with E-state index in [1.54, 1.807) is 24.3 Å². The fourth-order valence-corrected chi connectivity index (χ4v) is 5.04. The van der Waals surface area contributed by atoms with Gasteiger partial charge in [-0.3, -0.25) is 14.2 Å². The van der Waals surface area contributed by atoms with E-state index in [0.29, 0.717) is 21.5 Å². The molecule has 0 saturated carbocycles. The maximum absolute atomic E-state index is 13.3. The summed E-state index contributed by atoms with van der Waals surface area (Å²) >= 11 is 1.35. The number of anilines is 1. The first-order chi connectivity index (χ1) is 15.4. The van der Waals surface area contributed by atoms with Crippen molar-refractivity contribution < 1.29 is 4.79 Å². The summed E-state index contributed by atoms with van der Waals surface area (Å²) in [4.78, 5) is 36.1. The maximum Gasteiger partial charge on any atom is 0.275 e. The highest BCUT2D eigenvalue weighted by molar-refractivity contribution is 7.25. The van der Waals surface area contributed by atoms with E-state index in [0.717, 1.165) is 32.7 Å². The van der Waals surface area contributed by atoms with Crippen molar-refractivity contribution in [3.8, 4) is 5.69 Å². The van der Waals surface area contributed by atoms with E-state index in [1.807, 2.05) is 51.1 Å². The summed E-state index contributed by atoms with van der Waals surface area (Å²) in [6, 6.07) is 16.6. The topological polar surface area (TPSA) is 76.9 Å². The van der Waals surface area contributed by atoms with Crippen LogP contribution in [0.2, 0.25) is 0 Å². The highest BCUT2D eigenvalue weighted by Gasteiger charge is 2.16. The van der Waals surface area contributed by atoms with Crippen LogP contribution >= 0.6 is 11.3 Å². The van der Waals surface area contributed by atoms with Gasteiger partial charge in [0.1, 0.15) is 15.9 Å². The molecule has 1 N–H and O–H groups in total. The van der Waals surface area contributed by atoms with Crippen LogP contribution in [0.15, 0.2) is 65.7 Å². The summed E-state index contributed by atoms with van der Waals surface area (Å²) < 4.78 is 2.03. The van der Waals surface area contributed by atoms with Crippen molar-refractivity contribution in [2.75, 3.05) is 5.32 Å². The second-order valence-electron chi connectivity index (χ2n) is 7.78. The molecule has 0 bridgehead atoms. The van der Waals surface area contributed by atoms with Gasteiger partial charge in [-0.2, -0.15) is 0 Å². The Morgan fingerprint density at radius 2 is 1.81 bits per heavy atom. The van der Waals surface area contributed by atoms with Gasteiger partial charge >= 0.3 is 0 Å². The van der Waals surface area contributed by atoms with Gasteiger partial charge in [0.25, 0.3) is 11.5 Å². The Labute approximate surface area is 188 Å². The number of nitrogens with zero attached hydrogens (tertiary/aromatic N) is 3. The van der Waals surface area contributed by atoms with Crippen molar-refractivity contribution in [3.63, 3.8) is 0 Å². The van der Waals surface area contributed by atoms with E-state index in [9.17, 15) is 9.59 Å². The average Bonchev–Trinajstić information content (AvgIpc) is 3.15. The van der Waals surface area contributed by atoms with Crippen molar-refractivity contribution in [2.24, 2.45) is 0 Å². The molecule has 5 aromatic rings. The average molecular weight is 441 g/mol. The van der Waals surface area contributed by atoms with Crippen LogP contribution in [0.5, 0.6) is 0 Å². The lowest BCUT2D eigenvalue weighted by Gasteiger charge is -2.10. The molecular formula is C25H20N4O2S. The van der Waals surface area contributed by atoms with Gasteiger partial charge < -0.3 is 5.32 Å². The van der Waals surface area contributed by atoms with Crippen LogP contribution in [0.25, 0.3) is 26.1 Å². The SMILES string of the molecule is Cc1cc(C)c2c(n1)sc1c(=O)n(-c3cccc(C(=O)Nc4ccccc4C)c3)cnc12. The van der Waals surface area contributed by atoms with Crippen molar-refractivity contribution in [1.82, 2.24) is 14.5 Å². The summed E-state index contributed by atoms with van der Waals surface area (Å²) in [5, 5.41) is 3.85. The zero-order valence-corrected chi connectivity index (χ0v) is 18.7. The number of aryl methyl sites for hydroxylation is 3. The van der Waals surface area contributed by atoms with Crippen LogP contribution in [-0.2, 0) is 0 Å². The zero-order chi connectivity index (χ0) is 22.4. The van der Waals surface area contributed by atoms with E-state index in [1.165, 1.54) is 22.2 Å². The van der Waals surface area contributed by atoms with Crippen molar-refractivity contribution >= 4 is 43.4 Å². The molecule has 2 aromatic carbocycles. The molecule has 158 valence electrons. The molecule has 0 unspecified atom stereocenters. The Kier molecular flexibility index (Phi) is 4.83. The van der Waals surface area contributed by atoms with Gasteiger partial charge in [0, 0.05) is 22.3 Å². The van der Waals surface area contributed by atoms with Crippen LogP contribution in [-0.4, -0.2) is 20.4 Å². The van der Waals surface area contributed by atoms with Crippen molar-refractivity contribution in [3.05, 3.63) is 93.7 Å². The van der Waals surface area contributed by atoms with Gasteiger partial charge in [0.15, 0.2) is 0 Å². The summed E-state index contributed by atoms with van der Waals surface area (Å²) in [6.07, 6.45) is 1.52. The quantitative estimate of drug-likeness (QED) is 0.420. The number of pyridine rings is 1. The fraction of sp³-hybridized carbons (Fsp3) is 0.120. The zero-order valence-electron chi connectivity index (χ0n) is 17.8. The number of benzene rings is 2. The first-order valence-corrected chi connectivity index (χ1v) is 11.0. The normalized spacial score (nSPS) is 11.2. The van der Waals surface area contributed by atoms with E-state index in [-0.39, 0.29) is 11.5 Å². The molecular weight excluding hydrogens is 420 g/mol. The molecule has 5 rings (SSSR count). The number of nitrogens with one attached hydrogen (secondary N) is 1. The third-order valence-corrected chi connectivity index (χ3v) is 6.52. The molecule has 1 amide bonds. The minimum absolute atomic E-state index is 0.175. The molecule has 0 radical (unpaired) electrons. The smallest absolute Gasteiger partial charge is 0.275 e. The monoisotopic (exact) mass is 440 g/mol. The lowest BCUT2D eigenvalue weighted by atomic mass is 10.1. The Morgan fingerprint density at radius 3 is 2.62 bits per heavy atom. The molecule has 3 heterocycles. The Balaban J connectivity index is 1.57. The number of hydrogen-bond acceptors (Lipinski definition) is 5. The van der Waals surface area contributed by atoms with E-state index in [2.05, 4.69) is 15.3 Å². The molecule has 7 heteroatoms. The molecule has 0 aliphatic rings. The fourth-order valence-electron chi connectivity index (χ4n) is 3.86. The number of fused-ring (bicyclic) bond motifs is 3. The van der Waals surface area contributed by atoms with Gasteiger partial charge in [-0.15, -0.1) is 11.3 Å². The minimum Gasteiger partial charge on any atom is -0.322 e. The summed E-state index contributed by atoms with van der Waals surface area (Å²) in [6.45, 7) is 5.89. The van der Waals surface area contributed by atoms with Gasteiger partial charge in [-0.25, -0.2) is 9.97 Å². The predicted octanol–water partition coefficient (Wildman–Crippen LogP) is 5.17. The van der Waals surface area contributed by atoms with Crippen LogP contribution < -0.4 is 10.9 Å². The van der Waals surface area contributed by atoms with Gasteiger partial charge in [-0.05, 0) is 62.2 Å². The number of thiophene rings is 1. The number of carbonyl (C=O) groups is 1. The number of rotatable bonds is 3. The van der Waals surface area contributed by atoms with Crippen LogP contribution in [0.4, 0.5) is 5.69 Å². The Morgan fingerprint density at radius 1 is 1.00 bits per heavy atom. The van der Waals surface area contributed by atoms with Gasteiger partial charge in [-0.1, -0.05) is 24.3 Å². The predicted molar refractivity (Wildman–Crippen MR) is 129 cm³/mol. The second kappa shape index (κ2) is 7.69. The third kappa shape index (κ3) is 3.36. The lowest BCUT2D eigenvalue weighted by Crippen LogP contribution is -2.19. The lowest BCUT2D eigenvalue weighted by molar-refractivity contribution is 0.102. The molecule has 0 aliphatic heterocycles. The number of carbonyl (C=O) groups excluding carboxylic acids is 1. The largest absolute Gasteiger partial charge is 0.322 e. The number of hydrogen-bond donors (Lipinski definition) is 1. The second-order valence-corrected chi connectivity index (χ2v) is 8.78. The third-order valence-electron chi connectivity index (χ3n) is 5.46. The van der Waals surface area contributed by atoms with E-state index in [4.69, 9.17) is 0 Å². The molecule has 32 heavy (non-hydrogen) atoms. The number of aromatic nitrogens is 3. The summed E-state index contributed by atoms with van der Waals surface area (Å²) in [5.41, 5.74) is 5.24. The molecule has 3 aromatic heterocycles. The highest BCUT2D eigenvalue weighted by Crippen LogP contribution is 2.32. The van der Waals surface area contributed by atoms with Crippen LogP contribution in [0.1, 0.15) is 27.2 Å². The van der Waals surface area contributed by atoms with Crippen LogP contribution in [0.3, 0.4) is 0 Å². The molecule has 0 saturated heterocycles.